The number of para-hydroxylation sites is 1. The summed E-state index contributed by atoms with van der Waals surface area (Å²) in [5, 5.41) is 2.75. The van der Waals surface area contributed by atoms with Crippen LogP contribution in [0.1, 0.15) is 19.4 Å². The topological polar surface area (TPSA) is 103 Å². The Hall–Kier alpha value is -3.72. The first-order valence-electron chi connectivity index (χ1n) is 10.7. The third-order valence-corrected chi connectivity index (χ3v) is 6.49. The van der Waals surface area contributed by atoms with Crippen LogP contribution in [0, 0.1) is 0 Å². The Balaban J connectivity index is 1.69. The Morgan fingerprint density at radius 3 is 2.29 bits per heavy atom. The standard InChI is InChI=1S/C25H28N2O6S/c1-5-18-8-6-7-9-23(18)33-17(2)25(28)26-19-10-13-21(14-11-19)34(29,30)27-22-16-20(31-3)12-15-24(22)32-4/h6-17,27H,5H2,1-4H3,(H,26,28)/t17-/m1/s1. The Morgan fingerprint density at radius 1 is 0.941 bits per heavy atom. The number of ether oxygens (including phenoxy) is 3. The summed E-state index contributed by atoms with van der Waals surface area (Å²) >= 11 is 0. The molecule has 0 aromatic heterocycles. The molecule has 1 atom stereocenters. The first-order valence-corrected chi connectivity index (χ1v) is 12.2. The van der Waals surface area contributed by atoms with Crippen molar-refractivity contribution in [3.63, 3.8) is 0 Å². The molecule has 0 aliphatic carbocycles. The maximum atomic E-state index is 12.9. The molecule has 8 nitrogen and oxygen atoms in total. The number of rotatable bonds is 10. The molecule has 3 aromatic carbocycles. The van der Waals surface area contributed by atoms with Crippen molar-refractivity contribution >= 4 is 27.3 Å². The lowest BCUT2D eigenvalue weighted by molar-refractivity contribution is -0.122. The Morgan fingerprint density at radius 2 is 1.65 bits per heavy atom. The summed E-state index contributed by atoms with van der Waals surface area (Å²) in [6.45, 7) is 3.67. The number of anilines is 2. The van der Waals surface area contributed by atoms with Crippen LogP contribution in [0.5, 0.6) is 17.2 Å². The minimum absolute atomic E-state index is 0.0246. The second-order valence-electron chi connectivity index (χ2n) is 7.41. The number of methoxy groups -OCH3 is 2. The van der Waals surface area contributed by atoms with Gasteiger partial charge in [0.1, 0.15) is 17.2 Å². The summed E-state index contributed by atoms with van der Waals surface area (Å²) in [5.41, 5.74) is 1.71. The Bertz CT molecular complexity index is 1240. The highest BCUT2D eigenvalue weighted by molar-refractivity contribution is 7.92. The zero-order valence-corrected chi connectivity index (χ0v) is 20.3. The summed E-state index contributed by atoms with van der Waals surface area (Å²) in [5.74, 6) is 1.15. The molecule has 0 spiro atoms. The van der Waals surface area contributed by atoms with Gasteiger partial charge in [0.2, 0.25) is 0 Å². The number of hydrogen-bond donors (Lipinski definition) is 2. The van der Waals surface area contributed by atoms with Gasteiger partial charge >= 0.3 is 0 Å². The first kappa shape index (κ1) is 24.9. The van der Waals surface area contributed by atoms with E-state index >= 15 is 0 Å². The summed E-state index contributed by atoms with van der Waals surface area (Å²) in [6, 6.07) is 18.2. The zero-order chi connectivity index (χ0) is 24.7. The van der Waals surface area contributed by atoms with E-state index in [0.29, 0.717) is 22.9 Å². The van der Waals surface area contributed by atoms with Gasteiger partial charge in [-0.1, -0.05) is 25.1 Å². The number of carbonyl (C=O) groups excluding carboxylic acids is 1. The van der Waals surface area contributed by atoms with E-state index < -0.39 is 16.1 Å². The quantitative estimate of drug-likeness (QED) is 0.440. The van der Waals surface area contributed by atoms with Crippen molar-refractivity contribution in [2.75, 3.05) is 24.3 Å². The summed E-state index contributed by atoms with van der Waals surface area (Å²) in [6.07, 6.45) is 0.0501. The van der Waals surface area contributed by atoms with Gasteiger partial charge in [-0.3, -0.25) is 9.52 Å². The zero-order valence-electron chi connectivity index (χ0n) is 19.5. The van der Waals surface area contributed by atoms with E-state index in [1.807, 2.05) is 31.2 Å². The molecular weight excluding hydrogens is 456 g/mol. The van der Waals surface area contributed by atoms with Crippen LogP contribution < -0.4 is 24.2 Å². The molecule has 9 heteroatoms. The highest BCUT2D eigenvalue weighted by atomic mass is 32.2. The second kappa shape index (κ2) is 10.9. The molecule has 180 valence electrons. The molecule has 0 saturated heterocycles. The highest BCUT2D eigenvalue weighted by Crippen LogP contribution is 2.31. The molecule has 0 unspecified atom stereocenters. The van der Waals surface area contributed by atoms with E-state index in [4.69, 9.17) is 14.2 Å². The Labute approximate surface area is 199 Å². The van der Waals surface area contributed by atoms with E-state index in [1.165, 1.54) is 44.6 Å². The largest absolute Gasteiger partial charge is 0.497 e. The molecule has 0 fully saturated rings. The molecule has 3 aromatic rings. The van der Waals surface area contributed by atoms with E-state index in [-0.39, 0.29) is 16.5 Å². The van der Waals surface area contributed by atoms with Crippen molar-refractivity contribution in [1.29, 1.82) is 0 Å². The van der Waals surface area contributed by atoms with Gasteiger partial charge in [-0.05, 0) is 61.4 Å². The SMILES string of the molecule is CCc1ccccc1O[C@H](C)C(=O)Nc1ccc(S(=O)(=O)Nc2cc(OC)ccc2OC)cc1. The summed E-state index contributed by atoms with van der Waals surface area (Å²) in [7, 11) is -0.969. The van der Waals surface area contributed by atoms with Crippen LogP contribution in [0.2, 0.25) is 0 Å². The third kappa shape index (κ3) is 5.99. The van der Waals surface area contributed by atoms with Gasteiger partial charge in [0.05, 0.1) is 24.8 Å². The second-order valence-corrected chi connectivity index (χ2v) is 9.09. The van der Waals surface area contributed by atoms with Crippen molar-refractivity contribution in [1.82, 2.24) is 0 Å². The molecule has 0 aliphatic rings. The fraction of sp³-hybridized carbons (Fsp3) is 0.240. The van der Waals surface area contributed by atoms with E-state index in [0.717, 1.165) is 12.0 Å². The molecular formula is C25H28N2O6S. The van der Waals surface area contributed by atoms with Crippen molar-refractivity contribution in [2.45, 2.75) is 31.3 Å². The van der Waals surface area contributed by atoms with Crippen LogP contribution in [0.15, 0.2) is 71.6 Å². The van der Waals surface area contributed by atoms with Gasteiger partial charge in [0.25, 0.3) is 15.9 Å². The number of amides is 1. The number of nitrogens with one attached hydrogen (secondary N) is 2. The van der Waals surface area contributed by atoms with Crippen LogP contribution in [0.4, 0.5) is 11.4 Å². The lowest BCUT2D eigenvalue weighted by Crippen LogP contribution is -2.30. The van der Waals surface area contributed by atoms with Gasteiger partial charge < -0.3 is 19.5 Å². The fourth-order valence-electron chi connectivity index (χ4n) is 3.21. The van der Waals surface area contributed by atoms with Crippen molar-refractivity contribution in [3.8, 4) is 17.2 Å². The van der Waals surface area contributed by atoms with Crippen LogP contribution in [0.25, 0.3) is 0 Å². The van der Waals surface area contributed by atoms with Crippen molar-refractivity contribution < 1.29 is 27.4 Å². The van der Waals surface area contributed by atoms with Gasteiger partial charge in [-0.15, -0.1) is 0 Å². The van der Waals surface area contributed by atoms with Gasteiger partial charge in [-0.25, -0.2) is 8.42 Å². The molecule has 34 heavy (non-hydrogen) atoms. The maximum absolute atomic E-state index is 12.9. The summed E-state index contributed by atoms with van der Waals surface area (Å²) < 4.78 is 44.4. The maximum Gasteiger partial charge on any atom is 0.265 e. The number of hydrogen-bond acceptors (Lipinski definition) is 6. The molecule has 0 bridgehead atoms. The number of sulfonamides is 1. The monoisotopic (exact) mass is 484 g/mol. The highest BCUT2D eigenvalue weighted by Gasteiger charge is 2.19. The molecule has 0 saturated carbocycles. The van der Waals surface area contributed by atoms with Crippen LogP contribution >= 0.6 is 0 Å². The normalized spacial score (nSPS) is 11.9. The average molecular weight is 485 g/mol. The van der Waals surface area contributed by atoms with E-state index in [9.17, 15) is 13.2 Å². The van der Waals surface area contributed by atoms with Crippen molar-refractivity contribution in [3.05, 3.63) is 72.3 Å². The molecule has 2 N–H and O–H groups in total. The molecule has 3 rings (SSSR count). The molecule has 0 heterocycles. The average Bonchev–Trinajstić information content (AvgIpc) is 2.84. The third-order valence-electron chi connectivity index (χ3n) is 5.11. The van der Waals surface area contributed by atoms with Gasteiger partial charge in [-0.2, -0.15) is 0 Å². The van der Waals surface area contributed by atoms with Crippen LogP contribution in [-0.4, -0.2) is 34.6 Å². The summed E-state index contributed by atoms with van der Waals surface area (Å²) in [4.78, 5) is 12.6. The minimum Gasteiger partial charge on any atom is -0.497 e. The fourth-order valence-corrected chi connectivity index (χ4v) is 4.27. The molecule has 0 aliphatic heterocycles. The number of aryl methyl sites for hydroxylation is 1. The van der Waals surface area contributed by atoms with Gasteiger partial charge in [0.15, 0.2) is 6.10 Å². The van der Waals surface area contributed by atoms with Crippen molar-refractivity contribution in [2.24, 2.45) is 0 Å². The van der Waals surface area contributed by atoms with E-state index in [1.54, 1.807) is 19.1 Å². The van der Waals surface area contributed by atoms with Crippen LogP contribution in [0.3, 0.4) is 0 Å². The molecule has 1 amide bonds. The number of carbonyl (C=O) groups is 1. The predicted octanol–water partition coefficient (Wildman–Crippen LogP) is 4.47. The number of benzene rings is 3. The lowest BCUT2D eigenvalue weighted by atomic mass is 10.1. The predicted molar refractivity (Wildman–Crippen MR) is 131 cm³/mol. The minimum atomic E-state index is -3.90. The van der Waals surface area contributed by atoms with E-state index in [2.05, 4.69) is 10.0 Å². The Kier molecular flexibility index (Phi) is 8.01. The first-order chi connectivity index (χ1) is 16.3. The van der Waals surface area contributed by atoms with Gasteiger partial charge in [0, 0.05) is 11.8 Å². The van der Waals surface area contributed by atoms with Crippen LogP contribution in [-0.2, 0) is 21.2 Å². The lowest BCUT2D eigenvalue weighted by Gasteiger charge is -2.17. The smallest absolute Gasteiger partial charge is 0.265 e. The molecule has 0 radical (unpaired) electrons.